The maximum Gasteiger partial charge on any atom is 0.380 e. The van der Waals surface area contributed by atoms with E-state index in [2.05, 4.69) is 0 Å². The number of hydrogen-bond acceptors (Lipinski definition) is 6. The van der Waals surface area contributed by atoms with Crippen LogP contribution >= 0.6 is 0 Å². The van der Waals surface area contributed by atoms with Crippen molar-refractivity contribution in [2.24, 2.45) is 16.7 Å². The highest BCUT2D eigenvalue weighted by Crippen LogP contribution is 2.63. The van der Waals surface area contributed by atoms with E-state index >= 15 is 0 Å². The van der Waals surface area contributed by atoms with E-state index in [4.69, 9.17) is 8.47 Å². The minimum absolute atomic E-state index is 0.00470. The molecule has 2 aliphatic carbocycles. The number of nitrogens with zero attached hydrogens (tertiary/aromatic N) is 1. The first-order chi connectivity index (χ1) is 10.3. The molecule has 0 spiro atoms. The minimum atomic E-state index is -2.23. The molecule has 0 aromatic carbocycles. The van der Waals surface area contributed by atoms with Crippen molar-refractivity contribution in [1.29, 1.82) is 0 Å². The van der Waals surface area contributed by atoms with Crippen LogP contribution in [0.25, 0.3) is 0 Å². The highest BCUT2D eigenvalue weighted by molar-refractivity contribution is 7.75. The Kier molecular flexibility index (Phi) is 3.48. The molecule has 1 heterocycles. The number of ketones is 1. The molecule has 3 atom stereocenters. The number of fused-ring (bicyclic) bond motifs is 2. The van der Waals surface area contributed by atoms with Crippen LogP contribution in [0.1, 0.15) is 33.1 Å². The van der Waals surface area contributed by atoms with Gasteiger partial charge in [-0.1, -0.05) is 18.6 Å². The van der Waals surface area contributed by atoms with Gasteiger partial charge in [0.25, 0.3) is 0 Å². The van der Waals surface area contributed by atoms with Crippen LogP contribution < -0.4 is 4.28 Å². The molecule has 0 saturated heterocycles. The first-order valence-corrected chi connectivity index (χ1v) is 8.15. The predicted molar refractivity (Wildman–Crippen MR) is 77.0 cm³/mol. The molecule has 2 fully saturated rings. The van der Waals surface area contributed by atoms with Gasteiger partial charge in [0, 0.05) is 18.6 Å². The molecule has 1 aromatic rings. The number of aromatic nitrogens is 1. The summed E-state index contributed by atoms with van der Waals surface area (Å²) in [7, 11) is 0. The molecule has 122 valence electrons. The Morgan fingerprint density at radius 1 is 1.36 bits per heavy atom. The number of carbonyl (C=O) groups excluding carboxylic acids is 1. The molecule has 7 nitrogen and oxygen atoms in total. The van der Waals surface area contributed by atoms with Crippen LogP contribution in [0.3, 0.4) is 0 Å². The van der Waals surface area contributed by atoms with E-state index in [1.165, 1.54) is 12.1 Å². The Bertz CT molecular complexity index is 620. The van der Waals surface area contributed by atoms with Crippen LogP contribution in [0.2, 0.25) is 0 Å². The Morgan fingerprint density at radius 2 is 2.00 bits per heavy atom. The fourth-order valence-electron chi connectivity index (χ4n) is 3.82. The summed E-state index contributed by atoms with van der Waals surface area (Å²) in [5.74, 6) is -0.301. The van der Waals surface area contributed by atoms with Crippen molar-refractivity contribution >= 4 is 17.1 Å². The molecule has 3 unspecified atom stereocenters. The zero-order valence-electron chi connectivity index (χ0n) is 12.4. The van der Waals surface area contributed by atoms with E-state index in [1.54, 1.807) is 0 Å². The molecule has 2 bridgehead atoms. The standard InChI is InChI=1S/C14H19NO6S/c1-13(2)9-5-6-14(13,10(16)7-9)8-20-22(19)21-15-11(17)3-4-12(15)18/h3-4,9,17-18H,5-8H2,1-2H3. The summed E-state index contributed by atoms with van der Waals surface area (Å²) in [5, 5.41) is 18.8. The summed E-state index contributed by atoms with van der Waals surface area (Å²) in [5.41, 5.74) is -0.816. The average Bonchev–Trinajstić information content (AvgIpc) is 2.96. The lowest BCUT2D eigenvalue weighted by molar-refractivity contribution is -0.131. The summed E-state index contributed by atoms with van der Waals surface area (Å²) >= 11 is -2.23. The largest absolute Gasteiger partial charge is 0.492 e. The first-order valence-electron chi connectivity index (χ1n) is 7.15. The quantitative estimate of drug-likeness (QED) is 0.845. The number of aromatic hydroxyl groups is 2. The molecule has 3 rings (SSSR count). The lowest BCUT2D eigenvalue weighted by Gasteiger charge is -2.35. The maximum atomic E-state index is 12.3. The average molecular weight is 329 g/mol. The van der Waals surface area contributed by atoms with Gasteiger partial charge in [-0.2, -0.15) is 4.21 Å². The Hall–Kier alpha value is -1.54. The lowest BCUT2D eigenvalue weighted by Crippen LogP contribution is -2.41. The highest BCUT2D eigenvalue weighted by atomic mass is 32.2. The summed E-state index contributed by atoms with van der Waals surface area (Å²) < 4.78 is 22.5. The Morgan fingerprint density at radius 3 is 2.50 bits per heavy atom. The summed E-state index contributed by atoms with van der Waals surface area (Å²) in [4.78, 5) is 12.3. The van der Waals surface area contributed by atoms with Crippen molar-refractivity contribution in [2.75, 3.05) is 6.61 Å². The van der Waals surface area contributed by atoms with Crippen molar-refractivity contribution in [2.45, 2.75) is 33.1 Å². The summed E-state index contributed by atoms with van der Waals surface area (Å²) in [6.45, 7) is 4.10. The second kappa shape index (κ2) is 4.99. The van der Waals surface area contributed by atoms with Crippen LogP contribution in [-0.4, -0.2) is 31.5 Å². The van der Waals surface area contributed by atoms with Gasteiger partial charge in [0.15, 0.2) is 0 Å². The second-order valence-electron chi connectivity index (χ2n) is 6.55. The highest BCUT2D eigenvalue weighted by Gasteiger charge is 2.64. The number of rotatable bonds is 5. The molecule has 1 aromatic heterocycles. The molecule has 2 saturated carbocycles. The Balaban J connectivity index is 1.68. The molecular weight excluding hydrogens is 310 g/mol. The van der Waals surface area contributed by atoms with Gasteiger partial charge < -0.3 is 10.2 Å². The van der Waals surface area contributed by atoms with Gasteiger partial charge in [0.1, 0.15) is 5.78 Å². The third kappa shape index (κ3) is 2.04. The molecule has 22 heavy (non-hydrogen) atoms. The van der Waals surface area contributed by atoms with Crippen LogP contribution in [0.15, 0.2) is 12.1 Å². The van der Waals surface area contributed by atoms with Gasteiger partial charge in [-0.05, 0) is 24.2 Å². The summed E-state index contributed by atoms with van der Waals surface area (Å²) in [6, 6.07) is 2.38. The van der Waals surface area contributed by atoms with E-state index < -0.39 is 28.5 Å². The SMILES string of the molecule is CC1(C)C2CCC1(COS(=O)On1c(O)ccc1O)C(=O)C2. The van der Waals surface area contributed by atoms with E-state index in [0.29, 0.717) is 17.1 Å². The van der Waals surface area contributed by atoms with Gasteiger partial charge in [0.05, 0.1) is 12.0 Å². The third-order valence-electron chi connectivity index (χ3n) is 5.47. The van der Waals surface area contributed by atoms with Gasteiger partial charge in [-0.15, -0.1) is 0 Å². The predicted octanol–water partition coefficient (Wildman–Crippen LogP) is 1.32. The summed E-state index contributed by atoms with van der Waals surface area (Å²) in [6.07, 6.45) is 2.23. The van der Waals surface area contributed by atoms with Crippen LogP contribution in [0.4, 0.5) is 0 Å². The van der Waals surface area contributed by atoms with E-state index in [0.717, 1.165) is 12.8 Å². The molecule has 2 aliphatic rings. The minimum Gasteiger partial charge on any atom is -0.492 e. The zero-order valence-corrected chi connectivity index (χ0v) is 13.3. The normalized spacial score (nSPS) is 30.6. The fourth-order valence-corrected chi connectivity index (χ4v) is 4.43. The first kappa shape index (κ1) is 15.4. The lowest BCUT2D eigenvalue weighted by atomic mass is 9.69. The zero-order chi connectivity index (χ0) is 16.1. The van der Waals surface area contributed by atoms with Gasteiger partial charge in [0.2, 0.25) is 11.8 Å². The second-order valence-corrected chi connectivity index (χ2v) is 7.34. The van der Waals surface area contributed by atoms with Crippen molar-refractivity contribution in [3.05, 3.63) is 12.1 Å². The van der Waals surface area contributed by atoms with Gasteiger partial charge in [-0.25, -0.2) is 0 Å². The molecule has 0 radical (unpaired) electrons. The Labute approximate surface area is 130 Å². The van der Waals surface area contributed by atoms with Crippen LogP contribution in [0, 0.1) is 16.7 Å². The smallest absolute Gasteiger partial charge is 0.380 e. The van der Waals surface area contributed by atoms with Crippen molar-refractivity contribution in [3.8, 4) is 11.8 Å². The van der Waals surface area contributed by atoms with E-state index in [9.17, 15) is 19.2 Å². The van der Waals surface area contributed by atoms with Crippen molar-refractivity contribution in [3.63, 3.8) is 0 Å². The topological polar surface area (TPSA) is 98.0 Å². The number of carbonyl (C=O) groups is 1. The number of Topliss-reactive ketones (excluding diaryl/α,β-unsaturated/α-hetero) is 1. The van der Waals surface area contributed by atoms with E-state index in [-0.39, 0.29) is 17.8 Å². The molecular formula is C14H19NO6S. The third-order valence-corrected chi connectivity index (χ3v) is 6.05. The molecule has 2 N–H and O–H groups in total. The van der Waals surface area contributed by atoms with Crippen molar-refractivity contribution in [1.82, 2.24) is 4.73 Å². The monoisotopic (exact) mass is 329 g/mol. The van der Waals surface area contributed by atoms with Gasteiger partial charge in [-0.3, -0.25) is 13.3 Å². The van der Waals surface area contributed by atoms with Crippen LogP contribution in [0.5, 0.6) is 11.8 Å². The van der Waals surface area contributed by atoms with Gasteiger partial charge >= 0.3 is 11.4 Å². The molecule has 0 amide bonds. The van der Waals surface area contributed by atoms with Crippen molar-refractivity contribution < 1.29 is 27.7 Å². The fraction of sp³-hybridized carbons (Fsp3) is 0.643. The maximum absolute atomic E-state index is 12.3. The molecule has 0 aliphatic heterocycles. The van der Waals surface area contributed by atoms with E-state index in [1.807, 2.05) is 13.8 Å². The van der Waals surface area contributed by atoms with Crippen LogP contribution in [-0.2, 0) is 20.3 Å². The molecule has 8 heteroatoms. The number of hydrogen-bond donors (Lipinski definition) is 2.